The third kappa shape index (κ3) is 3.78. The Bertz CT molecular complexity index is 93.0. The van der Waals surface area contributed by atoms with E-state index >= 15 is 0 Å². The van der Waals surface area contributed by atoms with Crippen LogP contribution in [0.15, 0.2) is 5.16 Å². The lowest BCUT2D eigenvalue weighted by molar-refractivity contribution is 0.0924. The fourth-order valence-corrected chi connectivity index (χ4v) is 0.319. The summed E-state index contributed by atoms with van der Waals surface area (Å²) >= 11 is 0. The summed E-state index contributed by atoms with van der Waals surface area (Å²) in [5.74, 6) is 0.442. The van der Waals surface area contributed by atoms with Crippen molar-refractivity contribution in [2.75, 3.05) is 6.61 Å². The summed E-state index contributed by atoms with van der Waals surface area (Å²) < 4.78 is 0. The van der Waals surface area contributed by atoms with Gasteiger partial charge in [-0.05, 0) is 6.92 Å². The summed E-state index contributed by atoms with van der Waals surface area (Å²) in [5, 5.41) is 11.1. The van der Waals surface area contributed by atoms with E-state index in [1.807, 2.05) is 13.8 Å². The normalized spacial score (nSPS) is 11.6. The predicted molar refractivity (Wildman–Crippen MR) is 34.3 cm³/mol. The molecule has 0 unspecified atom stereocenters. The van der Waals surface area contributed by atoms with Crippen LogP contribution >= 0.6 is 0 Å². The second-order valence-electron chi connectivity index (χ2n) is 1.44. The zero-order valence-electron chi connectivity index (χ0n) is 5.72. The fraction of sp³-hybridized carbons (Fsp3) is 0.800. The molecular formula is C5H12N2O2. The van der Waals surface area contributed by atoms with Crippen LogP contribution in [-0.4, -0.2) is 17.6 Å². The van der Waals surface area contributed by atoms with Crippen molar-refractivity contribution >= 4 is 5.84 Å². The first-order valence-corrected chi connectivity index (χ1v) is 2.93. The highest BCUT2D eigenvalue weighted by Gasteiger charge is 1.91. The van der Waals surface area contributed by atoms with Crippen molar-refractivity contribution in [3.8, 4) is 0 Å². The molecule has 0 rings (SSSR count). The Morgan fingerprint density at radius 2 is 2.33 bits per heavy atom. The third-order valence-corrected chi connectivity index (χ3v) is 0.790. The topological polar surface area (TPSA) is 53.8 Å². The van der Waals surface area contributed by atoms with E-state index in [4.69, 9.17) is 10.0 Å². The second kappa shape index (κ2) is 5.37. The molecule has 0 saturated carbocycles. The van der Waals surface area contributed by atoms with Gasteiger partial charge in [-0.25, -0.2) is 5.48 Å². The Labute approximate surface area is 54.5 Å². The van der Waals surface area contributed by atoms with Gasteiger partial charge in [-0.1, -0.05) is 12.1 Å². The second-order valence-corrected chi connectivity index (χ2v) is 1.44. The molecule has 4 heteroatoms. The summed E-state index contributed by atoms with van der Waals surface area (Å²) in [7, 11) is 0. The van der Waals surface area contributed by atoms with Crippen molar-refractivity contribution in [1.82, 2.24) is 5.48 Å². The maximum Gasteiger partial charge on any atom is 0.165 e. The highest BCUT2D eigenvalue weighted by Crippen LogP contribution is 1.78. The van der Waals surface area contributed by atoms with E-state index in [-0.39, 0.29) is 0 Å². The van der Waals surface area contributed by atoms with Crippen molar-refractivity contribution in [3.05, 3.63) is 0 Å². The maximum atomic E-state index is 8.20. The monoisotopic (exact) mass is 132 g/mol. The molecule has 0 aliphatic carbocycles. The largest absolute Gasteiger partial charge is 0.409 e. The van der Waals surface area contributed by atoms with Crippen LogP contribution in [0.4, 0.5) is 0 Å². The highest BCUT2D eigenvalue weighted by atomic mass is 16.6. The van der Waals surface area contributed by atoms with Gasteiger partial charge in [-0.15, -0.1) is 0 Å². The Morgan fingerprint density at radius 1 is 1.67 bits per heavy atom. The van der Waals surface area contributed by atoms with E-state index in [0.717, 1.165) is 0 Å². The summed E-state index contributed by atoms with van der Waals surface area (Å²) in [6, 6.07) is 0. The molecule has 0 heterocycles. The lowest BCUT2D eigenvalue weighted by atomic mass is 10.5. The number of hydroxylamine groups is 1. The Kier molecular flexibility index (Phi) is 4.91. The van der Waals surface area contributed by atoms with Crippen LogP contribution < -0.4 is 5.48 Å². The molecule has 9 heavy (non-hydrogen) atoms. The lowest BCUT2D eigenvalue weighted by Gasteiger charge is -2.02. The van der Waals surface area contributed by atoms with Gasteiger partial charge in [0.25, 0.3) is 0 Å². The fourth-order valence-electron chi connectivity index (χ4n) is 0.319. The number of hydrogen-bond acceptors (Lipinski definition) is 3. The van der Waals surface area contributed by atoms with Gasteiger partial charge in [0, 0.05) is 6.42 Å². The van der Waals surface area contributed by atoms with Crippen LogP contribution in [0.3, 0.4) is 0 Å². The summed E-state index contributed by atoms with van der Waals surface area (Å²) in [4.78, 5) is 4.74. The van der Waals surface area contributed by atoms with Crippen LogP contribution in [0.1, 0.15) is 20.3 Å². The minimum atomic E-state index is 0.442. The number of rotatable bonds is 3. The average molecular weight is 132 g/mol. The molecule has 54 valence electrons. The van der Waals surface area contributed by atoms with E-state index in [1.54, 1.807) is 0 Å². The minimum absolute atomic E-state index is 0.442. The number of nitrogens with one attached hydrogen (secondary N) is 1. The van der Waals surface area contributed by atoms with Gasteiger partial charge in [-0.2, -0.15) is 0 Å². The first-order chi connectivity index (χ1) is 4.35. The molecule has 2 N–H and O–H groups in total. The van der Waals surface area contributed by atoms with Crippen LogP contribution in [0, 0.1) is 0 Å². The lowest BCUT2D eigenvalue weighted by Crippen LogP contribution is -2.22. The molecule has 0 aromatic heterocycles. The van der Waals surface area contributed by atoms with Crippen molar-refractivity contribution in [3.63, 3.8) is 0 Å². The van der Waals surface area contributed by atoms with Crippen molar-refractivity contribution in [1.29, 1.82) is 0 Å². The van der Waals surface area contributed by atoms with E-state index in [0.29, 0.717) is 18.9 Å². The number of oxime groups is 1. The van der Waals surface area contributed by atoms with Crippen LogP contribution in [0.25, 0.3) is 0 Å². The van der Waals surface area contributed by atoms with Crippen LogP contribution in [0.5, 0.6) is 0 Å². The molecule has 0 aliphatic rings. The molecule has 0 spiro atoms. The van der Waals surface area contributed by atoms with Gasteiger partial charge >= 0.3 is 0 Å². The maximum absolute atomic E-state index is 8.20. The van der Waals surface area contributed by atoms with Gasteiger partial charge in [0.05, 0.1) is 6.61 Å². The summed E-state index contributed by atoms with van der Waals surface area (Å²) in [5.41, 5.74) is 2.47. The van der Waals surface area contributed by atoms with Crippen molar-refractivity contribution < 1.29 is 10.0 Å². The average Bonchev–Trinajstić information content (AvgIpc) is 1.91. The highest BCUT2D eigenvalue weighted by molar-refractivity contribution is 5.80. The van der Waals surface area contributed by atoms with E-state index in [1.165, 1.54) is 0 Å². The molecule has 0 saturated heterocycles. The van der Waals surface area contributed by atoms with Crippen molar-refractivity contribution in [2.24, 2.45) is 5.16 Å². The molecule has 0 aromatic rings. The zero-order chi connectivity index (χ0) is 7.11. The molecule has 0 aromatic carbocycles. The van der Waals surface area contributed by atoms with Gasteiger partial charge in [0.2, 0.25) is 0 Å². The Morgan fingerprint density at radius 3 is 2.67 bits per heavy atom. The van der Waals surface area contributed by atoms with Gasteiger partial charge < -0.3 is 5.21 Å². The zero-order valence-corrected chi connectivity index (χ0v) is 5.72. The minimum Gasteiger partial charge on any atom is -0.409 e. The molecule has 0 amide bonds. The van der Waals surface area contributed by atoms with Gasteiger partial charge in [-0.3, -0.25) is 4.84 Å². The molecule has 0 radical (unpaired) electrons. The van der Waals surface area contributed by atoms with E-state index < -0.39 is 0 Å². The molecule has 0 fully saturated rings. The Hall–Kier alpha value is -0.770. The van der Waals surface area contributed by atoms with E-state index in [9.17, 15) is 0 Å². The standard InChI is InChI=1S/C5H12N2O2/c1-3-5(6-8)7-9-4-2/h8H,3-4H2,1-2H3,(H,6,7). The first kappa shape index (κ1) is 8.23. The SMILES string of the molecule is CCONC(CC)=NO. The smallest absolute Gasteiger partial charge is 0.165 e. The summed E-state index contributed by atoms with van der Waals surface area (Å²) in [6.45, 7) is 4.26. The molecule has 4 nitrogen and oxygen atoms in total. The van der Waals surface area contributed by atoms with Crippen LogP contribution in [-0.2, 0) is 4.84 Å². The van der Waals surface area contributed by atoms with Crippen LogP contribution in [0.2, 0.25) is 0 Å². The third-order valence-electron chi connectivity index (χ3n) is 0.790. The van der Waals surface area contributed by atoms with Gasteiger partial charge in [0.1, 0.15) is 0 Å². The Balaban J connectivity index is 3.33. The predicted octanol–water partition coefficient (Wildman–Crippen LogP) is 0.725. The first-order valence-electron chi connectivity index (χ1n) is 2.93. The number of amidine groups is 1. The number of hydrogen-bond donors (Lipinski definition) is 2. The van der Waals surface area contributed by atoms with E-state index in [2.05, 4.69) is 10.6 Å². The molecular weight excluding hydrogens is 120 g/mol. The summed E-state index contributed by atoms with van der Waals surface area (Å²) in [6.07, 6.45) is 0.635. The molecule has 0 bridgehead atoms. The molecule has 0 atom stereocenters. The quantitative estimate of drug-likeness (QED) is 0.257. The molecule has 0 aliphatic heterocycles. The number of nitrogens with zero attached hydrogens (tertiary/aromatic N) is 1. The van der Waals surface area contributed by atoms with Crippen molar-refractivity contribution in [2.45, 2.75) is 20.3 Å². The van der Waals surface area contributed by atoms with Gasteiger partial charge in [0.15, 0.2) is 5.84 Å².